The van der Waals surface area contributed by atoms with E-state index in [-0.39, 0.29) is 6.10 Å². The fraction of sp³-hybridized carbons (Fsp3) is 0.529. The largest absolute Gasteiger partial charge is 0.390 e. The lowest BCUT2D eigenvalue weighted by Gasteiger charge is -2.28. The summed E-state index contributed by atoms with van der Waals surface area (Å²) in [5.74, 6) is -0.632. The normalized spacial score (nSPS) is 23.7. The Hall–Kier alpha value is -1.20. The molecule has 1 saturated heterocycles. The summed E-state index contributed by atoms with van der Waals surface area (Å²) >= 11 is 0. The molecule has 4 nitrogen and oxygen atoms in total. The second-order valence-corrected chi connectivity index (χ2v) is 5.72. The van der Waals surface area contributed by atoms with Crippen molar-refractivity contribution in [3.8, 4) is 0 Å². The minimum absolute atomic E-state index is 0.279. The zero-order chi connectivity index (χ0) is 15.3. The first-order valence-electron chi connectivity index (χ1n) is 7.28. The summed E-state index contributed by atoms with van der Waals surface area (Å²) in [7, 11) is 0. The van der Waals surface area contributed by atoms with Gasteiger partial charge in [0.15, 0.2) is 5.79 Å². The van der Waals surface area contributed by atoms with E-state index in [1.807, 2.05) is 44.2 Å². The summed E-state index contributed by atoms with van der Waals surface area (Å²) in [6.07, 6.45) is 0.766. The number of aliphatic hydroxyl groups excluding tert-OH is 1. The SMILES string of the molecule is C=CC[C@@H](O)[C@@H](OCc1ccccc1)[C@@H]1COC(C)(C)O1. The quantitative estimate of drug-likeness (QED) is 0.785. The second-order valence-electron chi connectivity index (χ2n) is 5.72. The predicted octanol–water partition coefficient (Wildman–Crippen LogP) is 2.66. The molecule has 4 heteroatoms. The van der Waals surface area contributed by atoms with Gasteiger partial charge in [0.1, 0.15) is 12.2 Å². The summed E-state index contributed by atoms with van der Waals surface area (Å²) in [4.78, 5) is 0. The highest BCUT2D eigenvalue weighted by Crippen LogP contribution is 2.27. The van der Waals surface area contributed by atoms with Gasteiger partial charge in [-0.25, -0.2) is 0 Å². The van der Waals surface area contributed by atoms with Crippen LogP contribution in [0.2, 0.25) is 0 Å². The maximum absolute atomic E-state index is 10.3. The van der Waals surface area contributed by atoms with Crippen molar-refractivity contribution in [1.82, 2.24) is 0 Å². The molecule has 1 fully saturated rings. The van der Waals surface area contributed by atoms with E-state index in [4.69, 9.17) is 14.2 Å². The van der Waals surface area contributed by atoms with Crippen LogP contribution in [0.3, 0.4) is 0 Å². The van der Waals surface area contributed by atoms with E-state index >= 15 is 0 Å². The number of benzene rings is 1. The van der Waals surface area contributed by atoms with Gasteiger partial charge in [-0.2, -0.15) is 0 Å². The Kier molecular flexibility index (Phi) is 5.53. The number of hydrogen-bond donors (Lipinski definition) is 1. The lowest BCUT2D eigenvalue weighted by atomic mass is 10.1. The van der Waals surface area contributed by atoms with Crippen LogP contribution in [0.15, 0.2) is 43.0 Å². The zero-order valence-corrected chi connectivity index (χ0v) is 12.7. The molecule has 0 radical (unpaired) electrons. The average Bonchev–Trinajstić information content (AvgIpc) is 2.81. The average molecular weight is 292 g/mol. The number of hydrogen-bond acceptors (Lipinski definition) is 4. The molecule has 1 aliphatic heterocycles. The maximum atomic E-state index is 10.3. The molecule has 1 aromatic carbocycles. The van der Waals surface area contributed by atoms with Gasteiger partial charge in [0, 0.05) is 0 Å². The van der Waals surface area contributed by atoms with Crippen LogP contribution in [-0.4, -0.2) is 35.8 Å². The van der Waals surface area contributed by atoms with Crippen molar-refractivity contribution in [2.24, 2.45) is 0 Å². The van der Waals surface area contributed by atoms with E-state index in [1.54, 1.807) is 6.08 Å². The Bertz CT molecular complexity index is 443. The summed E-state index contributed by atoms with van der Waals surface area (Å²) < 4.78 is 17.3. The first-order chi connectivity index (χ1) is 10.0. The van der Waals surface area contributed by atoms with Crippen molar-refractivity contribution in [2.45, 2.75) is 51.0 Å². The van der Waals surface area contributed by atoms with E-state index in [9.17, 15) is 5.11 Å². The minimum atomic E-state index is -0.659. The molecule has 1 aromatic rings. The van der Waals surface area contributed by atoms with Gasteiger partial charge in [-0.1, -0.05) is 36.4 Å². The molecule has 0 aliphatic carbocycles. The molecule has 21 heavy (non-hydrogen) atoms. The van der Waals surface area contributed by atoms with Gasteiger partial charge in [-0.3, -0.25) is 0 Å². The van der Waals surface area contributed by atoms with Gasteiger partial charge < -0.3 is 19.3 Å². The van der Waals surface area contributed by atoms with Gasteiger partial charge in [0.05, 0.1) is 19.3 Å². The summed E-state index contributed by atoms with van der Waals surface area (Å²) in [5.41, 5.74) is 1.06. The molecule has 3 atom stereocenters. The van der Waals surface area contributed by atoms with Crippen molar-refractivity contribution < 1.29 is 19.3 Å². The monoisotopic (exact) mass is 292 g/mol. The molecular weight excluding hydrogens is 268 g/mol. The van der Waals surface area contributed by atoms with Crippen LogP contribution in [0.1, 0.15) is 25.8 Å². The molecule has 116 valence electrons. The van der Waals surface area contributed by atoms with Gasteiger partial charge in [0.25, 0.3) is 0 Å². The number of aliphatic hydroxyl groups is 1. The standard InChI is InChI=1S/C17H24O4/c1-4-8-14(18)16(15-12-20-17(2,3)21-15)19-11-13-9-6-5-7-10-13/h4-7,9-10,14-16,18H,1,8,11-12H2,2-3H3/t14-,15+,16-/m1/s1. The molecule has 0 amide bonds. The fourth-order valence-electron chi connectivity index (χ4n) is 2.42. The molecule has 0 saturated carbocycles. The highest BCUT2D eigenvalue weighted by atomic mass is 16.7. The summed E-state index contributed by atoms with van der Waals surface area (Å²) in [5, 5.41) is 10.3. The van der Waals surface area contributed by atoms with Crippen molar-refractivity contribution in [3.63, 3.8) is 0 Å². The van der Waals surface area contributed by atoms with Crippen molar-refractivity contribution in [1.29, 1.82) is 0 Å². The first-order valence-corrected chi connectivity index (χ1v) is 7.28. The van der Waals surface area contributed by atoms with Crippen molar-refractivity contribution in [3.05, 3.63) is 48.6 Å². The molecule has 1 aliphatic rings. The second kappa shape index (κ2) is 7.18. The lowest BCUT2D eigenvalue weighted by molar-refractivity contribution is -0.171. The highest BCUT2D eigenvalue weighted by Gasteiger charge is 2.40. The van der Waals surface area contributed by atoms with Crippen molar-refractivity contribution in [2.75, 3.05) is 6.61 Å². The van der Waals surface area contributed by atoms with Crippen LogP contribution in [0.4, 0.5) is 0 Å². The Morgan fingerprint density at radius 2 is 2.14 bits per heavy atom. The van der Waals surface area contributed by atoms with E-state index in [0.29, 0.717) is 19.6 Å². The fourth-order valence-corrected chi connectivity index (χ4v) is 2.42. The van der Waals surface area contributed by atoms with Crippen LogP contribution in [0.5, 0.6) is 0 Å². The van der Waals surface area contributed by atoms with Gasteiger partial charge in [-0.15, -0.1) is 6.58 Å². The minimum Gasteiger partial charge on any atom is -0.390 e. The third kappa shape index (κ3) is 4.64. The maximum Gasteiger partial charge on any atom is 0.163 e. The van der Waals surface area contributed by atoms with Crippen LogP contribution in [0, 0.1) is 0 Å². The predicted molar refractivity (Wildman–Crippen MR) is 80.7 cm³/mol. The molecule has 0 spiro atoms. The Morgan fingerprint density at radius 3 is 2.71 bits per heavy atom. The Morgan fingerprint density at radius 1 is 1.43 bits per heavy atom. The third-order valence-corrected chi connectivity index (χ3v) is 3.47. The molecular formula is C17H24O4. The van der Waals surface area contributed by atoms with Crippen LogP contribution < -0.4 is 0 Å². The number of rotatable bonds is 7. The van der Waals surface area contributed by atoms with E-state index in [2.05, 4.69) is 6.58 Å². The molecule has 1 N–H and O–H groups in total. The first kappa shape index (κ1) is 16.2. The van der Waals surface area contributed by atoms with E-state index in [0.717, 1.165) is 5.56 Å². The smallest absolute Gasteiger partial charge is 0.163 e. The Labute approximate surface area is 126 Å². The molecule has 1 heterocycles. The van der Waals surface area contributed by atoms with Gasteiger partial charge in [-0.05, 0) is 25.8 Å². The van der Waals surface area contributed by atoms with E-state index < -0.39 is 18.0 Å². The molecule has 0 aromatic heterocycles. The molecule has 0 unspecified atom stereocenters. The van der Waals surface area contributed by atoms with Gasteiger partial charge >= 0.3 is 0 Å². The van der Waals surface area contributed by atoms with Gasteiger partial charge in [0.2, 0.25) is 0 Å². The lowest BCUT2D eigenvalue weighted by Crippen LogP contribution is -2.41. The summed E-state index contributed by atoms with van der Waals surface area (Å²) in [6.45, 7) is 8.24. The highest BCUT2D eigenvalue weighted by molar-refractivity contribution is 5.13. The Balaban J connectivity index is 2.00. The van der Waals surface area contributed by atoms with Crippen LogP contribution in [-0.2, 0) is 20.8 Å². The van der Waals surface area contributed by atoms with Crippen LogP contribution >= 0.6 is 0 Å². The third-order valence-electron chi connectivity index (χ3n) is 3.47. The summed E-state index contributed by atoms with van der Waals surface area (Å²) in [6, 6.07) is 9.88. The van der Waals surface area contributed by atoms with E-state index in [1.165, 1.54) is 0 Å². The van der Waals surface area contributed by atoms with Crippen LogP contribution in [0.25, 0.3) is 0 Å². The molecule has 0 bridgehead atoms. The molecule has 2 rings (SSSR count). The number of ether oxygens (including phenoxy) is 3. The van der Waals surface area contributed by atoms with Crippen molar-refractivity contribution >= 4 is 0 Å². The zero-order valence-electron chi connectivity index (χ0n) is 12.7. The topological polar surface area (TPSA) is 47.9 Å².